The largest absolute Gasteiger partial charge is 0.573 e. The molecule has 198 valence electrons. The van der Waals surface area contributed by atoms with Gasteiger partial charge in [-0.2, -0.15) is 0 Å². The van der Waals surface area contributed by atoms with Gasteiger partial charge in [0.25, 0.3) is 11.6 Å². The summed E-state index contributed by atoms with van der Waals surface area (Å²) < 4.78 is 49.8. The summed E-state index contributed by atoms with van der Waals surface area (Å²) in [5, 5.41) is 11.9. The summed E-state index contributed by atoms with van der Waals surface area (Å²) in [5.41, 5.74) is 0.480. The number of benzene rings is 1. The van der Waals surface area contributed by atoms with Gasteiger partial charge < -0.3 is 14.6 Å². The average molecular weight is 521 g/mol. The molecule has 0 aliphatic carbocycles. The molecule has 0 bridgehead atoms. The molecule has 0 amide bonds. The number of hydrogen-bond donors (Lipinski definition) is 2. The van der Waals surface area contributed by atoms with Gasteiger partial charge in [0.1, 0.15) is 17.3 Å². The molecule has 0 saturated heterocycles. The topological polar surface area (TPSA) is 120 Å². The minimum atomic E-state index is -4.89. The number of ether oxygens (including phenoxy) is 2. The third kappa shape index (κ3) is 7.43. The number of aliphatic hydroxyl groups is 1. The number of nitrogens with one attached hydrogen (secondary N) is 1. The summed E-state index contributed by atoms with van der Waals surface area (Å²) in [5.74, 6) is -0.461. The van der Waals surface area contributed by atoms with E-state index in [1.165, 1.54) is 30.7 Å². The van der Waals surface area contributed by atoms with Crippen molar-refractivity contribution in [2.75, 3.05) is 11.9 Å². The molecule has 2 aromatic heterocycles. The molecule has 0 spiro atoms. The van der Waals surface area contributed by atoms with Gasteiger partial charge in [0, 0.05) is 32.5 Å². The van der Waals surface area contributed by atoms with Gasteiger partial charge in [0.2, 0.25) is 0 Å². The van der Waals surface area contributed by atoms with Crippen molar-refractivity contribution in [2.24, 2.45) is 12.0 Å². The fourth-order valence-electron chi connectivity index (χ4n) is 3.31. The molecule has 0 aliphatic heterocycles. The highest BCUT2D eigenvalue weighted by atomic mass is 19.4. The molecule has 2 N–H and O–H groups in total. The van der Waals surface area contributed by atoms with Gasteiger partial charge in [-0.1, -0.05) is 12.1 Å². The highest BCUT2D eigenvalue weighted by Crippen LogP contribution is 2.26. The van der Waals surface area contributed by atoms with Crippen LogP contribution in [0.1, 0.15) is 23.2 Å². The number of anilines is 1. The Labute approximate surface area is 209 Å². The Morgan fingerprint density at radius 3 is 2.54 bits per heavy atom. The van der Waals surface area contributed by atoms with Crippen molar-refractivity contribution in [2.45, 2.75) is 39.7 Å². The van der Waals surface area contributed by atoms with Crippen LogP contribution in [0.25, 0.3) is 0 Å². The summed E-state index contributed by atoms with van der Waals surface area (Å²) in [4.78, 5) is 34.2. The van der Waals surface area contributed by atoms with Crippen LogP contribution in [0, 0.1) is 13.8 Å². The maximum absolute atomic E-state index is 12.8. The van der Waals surface area contributed by atoms with E-state index >= 15 is 0 Å². The maximum Gasteiger partial charge on any atom is 0.573 e. The summed E-state index contributed by atoms with van der Waals surface area (Å²) >= 11 is 0. The second-order valence-corrected chi connectivity index (χ2v) is 8.05. The van der Waals surface area contributed by atoms with E-state index in [1.807, 2.05) is 13.0 Å². The predicted octanol–water partition coefficient (Wildman–Crippen LogP) is 2.89. The van der Waals surface area contributed by atoms with E-state index in [-0.39, 0.29) is 49.3 Å². The normalized spacial score (nSPS) is 11.9. The molecule has 1 aromatic carbocycles. The minimum Gasteiger partial charge on any atom is -0.426 e. The number of amidine groups is 1. The van der Waals surface area contributed by atoms with Crippen LogP contribution in [-0.4, -0.2) is 38.2 Å². The van der Waals surface area contributed by atoms with E-state index in [2.05, 4.69) is 20.0 Å². The van der Waals surface area contributed by atoms with Crippen molar-refractivity contribution in [3.05, 3.63) is 80.3 Å². The number of aryl methyl sites for hydroxylation is 1. The Morgan fingerprint density at radius 1 is 1.16 bits per heavy atom. The molecule has 3 aromatic rings. The summed E-state index contributed by atoms with van der Waals surface area (Å²) in [6.45, 7) is 3.24. The lowest BCUT2D eigenvalue weighted by molar-refractivity contribution is -0.274. The molecular weight excluding hydrogens is 495 g/mol. The van der Waals surface area contributed by atoms with Crippen LogP contribution in [-0.2, 0) is 20.1 Å². The first-order chi connectivity index (χ1) is 17.5. The van der Waals surface area contributed by atoms with E-state index in [0.717, 1.165) is 22.3 Å². The number of aromatic nitrogens is 3. The number of nitrogens with zero attached hydrogens (tertiary/aromatic N) is 4. The SMILES string of the molecule is Cc1ccc(CN=C(Nc2c(C)c(=O)n(CCCO)c(=O)n2C)Oc2cccc(OC(F)(F)F)c2)nc1. The van der Waals surface area contributed by atoms with Crippen molar-refractivity contribution >= 4 is 11.8 Å². The smallest absolute Gasteiger partial charge is 0.426 e. The standard InChI is InChI=1S/C24H26F3N5O5/c1-15-8-9-17(28-13-15)14-29-22(36-18-6-4-7-19(12-18)37-24(25,26)27)30-20-16(2)21(34)32(10-5-11-33)23(35)31(20)3/h4,6-9,12-13,33H,5,10-11,14H2,1-3H3,(H,29,30). The van der Waals surface area contributed by atoms with Crippen LogP contribution in [0.5, 0.6) is 11.5 Å². The zero-order valence-electron chi connectivity index (χ0n) is 20.4. The lowest BCUT2D eigenvalue weighted by Crippen LogP contribution is -2.42. The highest BCUT2D eigenvalue weighted by molar-refractivity contribution is 5.90. The van der Waals surface area contributed by atoms with Crippen LogP contribution in [0.2, 0.25) is 0 Å². The molecule has 37 heavy (non-hydrogen) atoms. The Morgan fingerprint density at radius 2 is 1.89 bits per heavy atom. The van der Waals surface area contributed by atoms with Crippen molar-refractivity contribution in [3.63, 3.8) is 0 Å². The zero-order chi connectivity index (χ0) is 27.2. The molecule has 0 atom stereocenters. The van der Waals surface area contributed by atoms with E-state index in [9.17, 15) is 22.8 Å². The maximum atomic E-state index is 12.8. The second kappa shape index (κ2) is 11.7. The zero-order valence-corrected chi connectivity index (χ0v) is 20.4. The first-order valence-electron chi connectivity index (χ1n) is 11.2. The fourth-order valence-corrected chi connectivity index (χ4v) is 3.31. The third-order valence-electron chi connectivity index (χ3n) is 5.15. The molecular formula is C24H26F3N5O5. The third-order valence-corrected chi connectivity index (χ3v) is 5.15. The van der Waals surface area contributed by atoms with Gasteiger partial charge in [-0.3, -0.25) is 24.2 Å². The van der Waals surface area contributed by atoms with Crippen LogP contribution in [0.15, 0.2) is 57.2 Å². The summed E-state index contributed by atoms with van der Waals surface area (Å²) in [6, 6.07) is 8.22. The van der Waals surface area contributed by atoms with Gasteiger partial charge in [0.15, 0.2) is 0 Å². The number of rotatable bonds is 8. The first-order valence-corrected chi connectivity index (χ1v) is 11.2. The molecule has 10 nitrogen and oxygen atoms in total. The number of hydrogen-bond acceptors (Lipinski definition) is 7. The van der Waals surface area contributed by atoms with Gasteiger partial charge >= 0.3 is 12.1 Å². The molecule has 0 saturated carbocycles. The number of aliphatic hydroxyl groups excluding tert-OH is 1. The van der Waals surface area contributed by atoms with Crippen LogP contribution in [0.4, 0.5) is 19.0 Å². The van der Waals surface area contributed by atoms with E-state index in [1.54, 1.807) is 12.3 Å². The van der Waals surface area contributed by atoms with E-state index in [4.69, 9.17) is 9.84 Å². The predicted molar refractivity (Wildman–Crippen MR) is 130 cm³/mol. The second-order valence-electron chi connectivity index (χ2n) is 8.05. The average Bonchev–Trinajstić information content (AvgIpc) is 2.84. The quantitative estimate of drug-likeness (QED) is 0.346. The number of aliphatic imine (C=N–C) groups is 1. The van der Waals surface area contributed by atoms with Gasteiger partial charge in [-0.15, -0.1) is 13.2 Å². The molecule has 2 heterocycles. The van der Waals surface area contributed by atoms with Crippen molar-refractivity contribution in [3.8, 4) is 11.5 Å². The Balaban J connectivity index is 1.99. The van der Waals surface area contributed by atoms with Crippen LogP contribution in [0.3, 0.4) is 0 Å². The minimum absolute atomic E-state index is 0.0297. The Bertz CT molecular complexity index is 1340. The Hall–Kier alpha value is -4.13. The summed E-state index contributed by atoms with van der Waals surface area (Å²) in [7, 11) is 1.43. The summed E-state index contributed by atoms with van der Waals surface area (Å²) in [6.07, 6.45) is -3.02. The van der Waals surface area contributed by atoms with E-state index in [0.29, 0.717) is 5.69 Å². The Kier molecular flexibility index (Phi) is 8.71. The lowest BCUT2D eigenvalue weighted by Gasteiger charge is -2.18. The van der Waals surface area contributed by atoms with Crippen molar-refractivity contribution < 1.29 is 27.8 Å². The molecule has 0 radical (unpaired) electrons. The molecule has 0 fully saturated rings. The molecule has 3 rings (SSSR count). The lowest BCUT2D eigenvalue weighted by atomic mass is 10.3. The van der Waals surface area contributed by atoms with Crippen LogP contribution >= 0.6 is 0 Å². The van der Waals surface area contributed by atoms with Crippen molar-refractivity contribution in [1.82, 2.24) is 14.1 Å². The van der Waals surface area contributed by atoms with Gasteiger partial charge in [-0.25, -0.2) is 9.79 Å². The highest BCUT2D eigenvalue weighted by Gasteiger charge is 2.31. The van der Waals surface area contributed by atoms with Gasteiger partial charge in [-0.05, 0) is 44.0 Å². The van der Waals surface area contributed by atoms with E-state index < -0.39 is 23.4 Å². The molecule has 0 unspecified atom stereocenters. The molecule has 13 heteroatoms. The first kappa shape index (κ1) is 27.5. The number of pyridine rings is 1. The molecule has 0 aliphatic rings. The fraction of sp³-hybridized carbons (Fsp3) is 0.333. The van der Waals surface area contributed by atoms with Gasteiger partial charge in [0.05, 0.1) is 17.8 Å². The monoisotopic (exact) mass is 521 g/mol. The van der Waals surface area contributed by atoms with Crippen LogP contribution < -0.4 is 26.0 Å². The number of alkyl halides is 3. The van der Waals surface area contributed by atoms with Crippen molar-refractivity contribution in [1.29, 1.82) is 0 Å². The number of halogens is 3.